The number of hydrogen-bond acceptors (Lipinski definition) is 33. The van der Waals surface area contributed by atoms with Crippen LogP contribution in [0.15, 0.2) is 212 Å². The Labute approximate surface area is 781 Å². The summed E-state index contributed by atoms with van der Waals surface area (Å²) in [6.45, 7) is 13.0. The number of barbiturate groups is 1. The molecule has 1 saturated heterocycles. The van der Waals surface area contributed by atoms with Gasteiger partial charge in [0.2, 0.25) is 36.5 Å². The predicted molar refractivity (Wildman–Crippen MR) is 485 cm³/mol. The fraction of sp³-hybridized carbons (Fsp3) is 0.287. The zero-order valence-corrected chi connectivity index (χ0v) is 75.3. The fourth-order valence-electron chi connectivity index (χ4n) is 13.6. The molecule has 3 atom stereocenters. The van der Waals surface area contributed by atoms with E-state index in [2.05, 4.69) is 30.0 Å². The van der Waals surface area contributed by atoms with Crippen molar-refractivity contribution in [3.05, 3.63) is 271 Å². The van der Waals surface area contributed by atoms with Gasteiger partial charge >= 0.3 is 41.8 Å². The predicted octanol–water partition coefficient (Wildman–Crippen LogP) is 15.4. The van der Waals surface area contributed by atoms with Gasteiger partial charge in [-0.25, -0.2) is 58.1 Å². The largest absolute Gasteiger partial charge is 0.465 e. The lowest BCUT2D eigenvalue weighted by atomic mass is 9.88. The van der Waals surface area contributed by atoms with Crippen LogP contribution in [-0.4, -0.2) is 130 Å². The van der Waals surface area contributed by atoms with Gasteiger partial charge in [0.15, 0.2) is 0 Å². The normalized spacial score (nSPS) is 12.4. The van der Waals surface area contributed by atoms with Crippen LogP contribution in [0.3, 0.4) is 0 Å². The van der Waals surface area contributed by atoms with Gasteiger partial charge in [-0.2, -0.15) is 25.2 Å². The molecule has 0 aromatic heterocycles. The second kappa shape index (κ2) is 52.4. The number of aliphatic imine (C=N–C) groups is 6. The maximum Gasteiger partial charge on any atom is 0.342 e. The van der Waals surface area contributed by atoms with Gasteiger partial charge in [0.1, 0.15) is 63.7 Å². The third kappa shape index (κ3) is 30.9. The van der Waals surface area contributed by atoms with Crippen molar-refractivity contribution in [1.29, 1.82) is 15.8 Å². The van der Waals surface area contributed by atoms with E-state index in [0.29, 0.717) is 80.8 Å². The number of carbonyl (C=O) groups excluding carboxylic acids is 15. The molecule has 0 spiro atoms. The zero-order valence-electron chi connectivity index (χ0n) is 75.3. The van der Waals surface area contributed by atoms with Crippen molar-refractivity contribution in [2.45, 2.75) is 139 Å². The van der Waals surface area contributed by atoms with Crippen LogP contribution < -0.4 is 19.3 Å². The quantitative estimate of drug-likeness (QED) is 0.00856. The first-order valence-corrected chi connectivity index (χ1v) is 42.1. The van der Waals surface area contributed by atoms with E-state index in [1.807, 2.05) is 55.5 Å². The second-order valence-electron chi connectivity index (χ2n) is 31.2. The number of nitrogens with zero attached hydrogens (tertiary/aromatic N) is 11. The number of rotatable bonds is 42. The van der Waals surface area contributed by atoms with Gasteiger partial charge in [-0.1, -0.05) is 135 Å². The molecule has 0 bridgehead atoms. The van der Waals surface area contributed by atoms with Crippen LogP contribution in [-0.2, 0) is 147 Å². The van der Waals surface area contributed by atoms with Gasteiger partial charge < -0.3 is 42.6 Å². The lowest BCUT2D eigenvalue weighted by Crippen LogP contribution is -2.59. The van der Waals surface area contributed by atoms with Gasteiger partial charge in [0.25, 0.3) is 30.6 Å². The molecule has 35 heteroatoms. The number of ether oxygens (including phenoxy) is 9. The standard InChI is InChI=1S/C38H39N3O9.C35H33N3O9.C28H19N5O6/c1-2-38(25-50-37(46)19-33-11-3-4-12-34(33)21-41-28-43,23-48-35(44)15-13-29-7-5-9-31(17-29)20-40-27-42)24-49-36(45)16-14-30-8-6-10-32(18-30)22-47-26-39;1-5-35(19-46-34(43)28-10-23(2)11-29(16-28)37-21-39,17-44-32(41)14-26-8-6-24(3)30(12-26)38-22-40)18-45-33(42)15-27-9-7-25(4)31(13-27)47-20-36;1-16-4-7-19(10-22(16)30-14-34)25-26(36)32(20-8-5-17(2)23(11-20)31-15-35)28(38)33(27(25)37)21-9-6-18(3)24(12-21)39-13-29/h3-12,17-18H,2,13-16,19-25H2,1H3;6-13,16H,5,14-15,17-19H2,1-4H3;4-12,25H,1-3H3. The maximum absolute atomic E-state index is 13.8. The summed E-state index contributed by atoms with van der Waals surface area (Å²) in [6, 6.07) is 48.6. The smallest absolute Gasteiger partial charge is 0.342 e. The summed E-state index contributed by atoms with van der Waals surface area (Å²) in [4.78, 5) is 207. The second-order valence-corrected chi connectivity index (χ2v) is 31.2. The van der Waals surface area contributed by atoms with Gasteiger partial charge in [0.05, 0.1) is 82.9 Å². The summed E-state index contributed by atoms with van der Waals surface area (Å²) in [5.41, 5.74) is 8.95. The Balaban J connectivity index is 0.000000252. The summed E-state index contributed by atoms with van der Waals surface area (Å²) < 4.78 is 48.6. The van der Waals surface area contributed by atoms with E-state index in [0.717, 1.165) is 37.6 Å². The lowest BCUT2D eigenvalue weighted by molar-refractivity contribution is -0.162. The summed E-state index contributed by atoms with van der Waals surface area (Å²) in [6.07, 6.45) is 14.8. The monoisotopic (exact) mass is 1840 g/mol. The fourth-order valence-corrected chi connectivity index (χ4v) is 13.6. The number of benzene rings is 9. The Morgan fingerprint density at radius 3 is 1.36 bits per heavy atom. The molecule has 9 aromatic carbocycles. The molecule has 0 saturated carbocycles. The number of urea groups is 1. The number of isocyanates is 6. The van der Waals surface area contributed by atoms with Crippen LogP contribution in [0.2, 0.25) is 0 Å². The van der Waals surface area contributed by atoms with Crippen molar-refractivity contribution in [1.82, 2.24) is 0 Å². The van der Waals surface area contributed by atoms with Crippen LogP contribution in [0.4, 0.5) is 38.9 Å². The van der Waals surface area contributed by atoms with E-state index in [4.69, 9.17) is 58.4 Å². The number of amides is 4. The number of hydrogen-bond donors (Lipinski definition) is 0. The molecule has 1 aliphatic heterocycles. The minimum absolute atomic E-state index is 0.0554. The van der Waals surface area contributed by atoms with E-state index < -0.39 is 70.4 Å². The number of imide groups is 2. The number of nitriles is 3. The maximum atomic E-state index is 13.8. The summed E-state index contributed by atoms with van der Waals surface area (Å²) >= 11 is 0. The zero-order chi connectivity index (χ0) is 98.7. The van der Waals surface area contributed by atoms with E-state index >= 15 is 0 Å². The number of esters is 6. The summed E-state index contributed by atoms with van der Waals surface area (Å²) in [7, 11) is 0. The van der Waals surface area contributed by atoms with Crippen molar-refractivity contribution in [3.63, 3.8) is 0 Å². The highest BCUT2D eigenvalue weighted by Crippen LogP contribution is 2.40. The Kier molecular flexibility index (Phi) is 40.1. The van der Waals surface area contributed by atoms with Gasteiger partial charge in [-0.3, -0.25) is 33.6 Å². The van der Waals surface area contributed by atoms with Gasteiger partial charge in [-0.15, -0.1) is 10.5 Å². The minimum Gasteiger partial charge on any atom is -0.465 e. The average Bonchev–Trinajstić information content (AvgIpc) is 0.741. The highest BCUT2D eigenvalue weighted by Gasteiger charge is 2.49. The number of aryl methyl sites for hydroxylation is 8. The molecular formula is C101H91N11O24. The topological polar surface area (TPSA) is 491 Å². The van der Waals surface area contributed by atoms with Crippen molar-refractivity contribution >= 4 is 124 Å². The van der Waals surface area contributed by atoms with E-state index in [1.54, 1.807) is 158 Å². The molecule has 1 aliphatic rings. The summed E-state index contributed by atoms with van der Waals surface area (Å²) in [5.74, 6) is -6.26. The first-order valence-electron chi connectivity index (χ1n) is 42.1. The van der Waals surface area contributed by atoms with Crippen molar-refractivity contribution < 1.29 is 115 Å². The highest BCUT2D eigenvalue weighted by atomic mass is 16.6. The molecule has 694 valence electrons. The molecule has 0 N–H and O–H groups in total. The average molecular weight is 1840 g/mol. The number of anilines is 2. The molecule has 4 amide bonds. The first-order chi connectivity index (χ1) is 65.5. The van der Waals surface area contributed by atoms with E-state index in [9.17, 15) is 71.9 Å². The Morgan fingerprint density at radius 1 is 0.390 bits per heavy atom. The van der Waals surface area contributed by atoms with Crippen LogP contribution in [0.25, 0.3) is 0 Å². The third-order valence-corrected chi connectivity index (χ3v) is 21.6. The van der Waals surface area contributed by atoms with Crippen molar-refractivity contribution in [3.8, 4) is 30.3 Å². The van der Waals surface area contributed by atoms with Crippen molar-refractivity contribution in [2.24, 2.45) is 40.8 Å². The van der Waals surface area contributed by atoms with Crippen molar-refractivity contribution in [2.75, 3.05) is 49.4 Å². The molecule has 3 unspecified atom stereocenters. The molecule has 136 heavy (non-hydrogen) atoms. The Hall–Kier alpha value is -17.4. The molecule has 1 heterocycles. The molecule has 35 nitrogen and oxygen atoms in total. The van der Waals surface area contributed by atoms with Crippen LogP contribution in [0.1, 0.15) is 139 Å². The van der Waals surface area contributed by atoms with Crippen LogP contribution in [0, 0.1) is 86.9 Å². The van der Waals surface area contributed by atoms with Gasteiger partial charge in [-0.05, 0) is 205 Å². The van der Waals surface area contributed by atoms with Gasteiger partial charge in [0, 0.05) is 18.9 Å². The third-order valence-electron chi connectivity index (χ3n) is 21.6. The lowest BCUT2D eigenvalue weighted by Gasteiger charge is -2.37. The molecular weight excluding hydrogens is 1750 g/mol. The molecule has 0 aliphatic carbocycles. The Morgan fingerprint density at radius 2 is 0.831 bits per heavy atom. The Bertz CT molecular complexity index is 6320. The molecule has 9 aromatic rings. The highest BCUT2D eigenvalue weighted by molar-refractivity contribution is 6.38. The summed E-state index contributed by atoms with van der Waals surface area (Å²) in [5, 5.41) is 26.5. The first kappa shape index (κ1) is 104. The molecule has 0 radical (unpaired) electrons. The van der Waals surface area contributed by atoms with Crippen LogP contribution >= 0.6 is 0 Å². The SMILES string of the molecule is CCC(COC(=O)CCc1cccc(CN=C=O)c1)(COC(=O)CCc1cccc(COC#N)c1)COC(=O)Cc1ccccc1CN=C=O.CCC(COC(=O)Cc1ccc(C)c(N=C=O)c1)(COC(=O)Cc1ccc(C)c(OC#N)c1)COC(=O)c1cc(C)cc(N=C=O)c1.Cc1ccc(C2C(=O)N(c3ccc(C)c(N=C=O)c3)C(=O)N(c3ccc(C)c(OC#N)c3)C2=O)cc1N=C=O. The van der Waals surface area contributed by atoms with Crippen LogP contribution in [0.5, 0.6) is 11.5 Å². The van der Waals surface area contributed by atoms with E-state index in [1.165, 1.54) is 78.9 Å². The minimum atomic E-state index is -1.51. The number of carbonyl (C=O) groups is 9. The molecule has 10 rings (SSSR count). The molecule has 1 fully saturated rings. The van der Waals surface area contributed by atoms with E-state index in [-0.39, 0.29) is 143 Å².